The molecule has 3 N–H and O–H groups in total. The molecule has 0 aromatic heterocycles. The van der Waals surface area contributed by atoms with Gasteiger partial charge in [-0.05, 0) is 57.7 Å². The SMILES string of the molecule is Cc1cc(C)c(NC(=O)CN2CC(CN)CC2C)c(C)c1.Cl. The maximum Gasteiger partial charge on any atom is 0.238 e. The van der Waals surface area contributed by atoms with Gasteiger partial charge >= 0.3 is 0 Å². The summed E-state index contributed by atoms with van der Waals surface area (Å²) in [5.74, 6) is 0.588. The number of amides is 1. The Balaban J connectivity index is 0.00000242. The second-order valence-electron chi connectivity index (χ2n) is 6.44. The van der Waals surface area contributed by atoms with Crippen LogP contribution in [0.3, 0.4) is 0 Å². The molecule has 0 saturated carbocycles. The van der Waals surface area contributed by atoms with Crippen molar-refractivity contribution < 1.29 is 4.79 Å². The van der Waals surface area contributed by atoms with Crippen molar-refractivity contribution in [2.24, 2.45) is 11.7 Å². The fourth-order valence-electron chi connectivity index (χ4n) is 3.35. The van der Waals surface area contributed by atoms with E-state index in [-0.39, 0.29) is 18.3 Å². The van der Waals surface area contributed by atoms with E-state index in [1.807, 2.05) is 13.8 Å². The average molecular weight is 326 g/mol. The van der Waals surface area contributed by atoms with Gasteiger partial charge in [0.25, 0.3) is 0 Å². The van der Waals surface area contributed by atoms with Crippen LogP contribution in [0.2, 0.25) is 0 Å². The summed E-state index contributed by atoms with van der Waals surface area (Å²) in [6, 6.07) is 4.64. The van der Waals surface area contributed by atoms with Crippen molar-refractivity contribution in [3.63, 3.8) is 0 Å². The number of nitrogens with zero attached hydrogens (tertiary/aromatic N) is 1. The van der Waals surface area contributed by atoms with Crippen LogP contribution in [0.1, 0.15) is 30.0 Å². The Morgan fingerprint density at radius 3 is 2.41 bits per heavy atom. The largest absolute Gasteiger partial charge is 0.330 e. The molecule has 22 heavy (non-hydrogen) atoms. The van der Waals surface area contributed by atoms with E-state index in [1.54, 1.807) is 0 Å². The molecule has 2 unspecified atom stereocenters. The van der Waals surface area contributed by atoms with Crippen LogP contribution in [-0.4, -0.2) is 36.5 Å². The van der Waals surface area contributed by atoms with Crippen molar-refractivity contribution >= 4 is 24.0 Å². The zero-order valence-corrected chi connectivity index (χ0v) is 14.8. The number of carbonyl (C=O) groups excluding carboxylic acids is 1. The number of halogens is 1. The van der Waals surface area contributed by atoms with E-state index < -0.39 is 0 Å². The number of carbonyl (C=O) groups is 1. The van der Waals surface area contributed by atoms with Crippen molar-refractivity contribution in [1.29, 1.82) is 0 Å². The highest BCUT2D eigenvalue weighted by Gasteiger charge is 2.29. The van der Waals surface area contributed by atoms with E-state index in [2.05, 4.69) is 36.2 Å². The molecule has 0 spiro atoms. The van der Waals surface area contributed by atoms with Crippen LogP contribution < -0.4 is 11.1 Å². The molecule has 1 saturated heterocycles. The zero-order chi connectivity index (χ0) is 15.6. The van der Waals surface area contributed by atoms with Crippen LogP contribution in [0.4, 0.5) is 5.69 Å². The van der Waals surface area contributed by atoms with Gasteiger partial charge in [-0.3, -0.25) is 9.69 Å². The first-order valence-corrected chi connectivity index (χ1v) is 7.72. The standard InChI is InChI=1S/C17H27N3O.ClH/c1-11-5-12(2)17(13(3)6-11)19-16(21)10-20-9-15(8-18)7-14(20)4;/h5-6,14-15H,7-10,18H2,1-4H3,(H,19,21);1H. The quantitative estimate of drug-likeness (QED) is 0.894. The maximum atomic E-state index is 12.3. The third-order valence-corrected chi connectivity index (χ3v) is 4.41. The van der Waals surface area contributed by atoms with Gasteiger partial charge in [-0.2, -0.15) is 0 Å². The van der Waals surface area contributed by atoms with Crippen molar-refractivity contribution in [3.05, 3.63) is 28.8 Å². The molecule has 4 nitrogen and oxygen atoms in total. The zero-order valence-electron chi connectivity index (χ0n) is 14.0. The predicted molar refractivity (Wildman–Crippen MR) is 94.7 cm³/mol. The summed E-state index contributed by atoms with van der Waals surface area (Å²) in [6.45, 7) is 10.4. The molecule has 1 aliphatic heterocycles. The number of hydrogen-bond donors (Lipinski definition) is 2. The molecule has 1 aromatic carbocycles. The Labute approximate surface area is 139 Å². The number of nitrogens with two attached hydrogens (primary N) is 1. The van der Waals surface area contributed by atoms with Gasteiger partial charge in [-0.1, -0.05) is 17.7 Å². The molecule has 1 heterocycles. The third kappa shape index (κ3) is 4.45. The van der Waals surface area contributed by atoms with Crippen LogP contribution in [0.15, 0.2) is 12.1 Å². The van der Waals surface area contributed by atoms with E-state index in [4.69, 9.17) is 5.73 Å². The lowest BCUT2D eigenvalue weighted by Crippen LogP contribution is -2.36. The van der Waals surface area contributed by atoms with E-state index >= 15 is 0 Å². The Morgan fingerprint density at radius 2 is 1.91 bits per heavy atom. The molecular formula is C17H28ClN3O. The van der Waals surface area contributed by atoms with E-state index in [0.717, 1.165) is 29.8 Å². The van der Waals surface area contributed by atoms with Gasteiger partial charge in [0.05, 0.1) is 6.54 Å². The van der Waals surface area contributed by atoms with E-state index in [0.29, 0.717) is 25.0 Å². The van der Waals surface area contributed by atoms with Gasteiger partial charge in [0.15, 0.2) is 0 Å². The number of rotatable bonds is 4. The van der Waals surface area contributed by atoms with Crippen molar-refractivity contribution in [2.75, 3.05) is 25.0 Å². The first-order chi connectivity index (χ1) is 9.90. The number of hydrogen-bond acceptors (Lipinski definition) is 3. The highest BCUT2D eigenvalue weighted by Crippen LogP contribution is 2.24. The topological polar surface area (TPSA) is 58.4 Å². The lowest BCUT2D eigenvalue weighted by Gasteiger charge is -2.21. The van der Waals surface area contributed by atoms with Crippen LogP contribution in [0.5, 0.6) is 0 Å². The summed E-state index contributed by atoms with van der Waals surface area (Å²) in [6.07, 6.45) is 1.09. The van der Waals surface area contributed by atoms with Crippen molar-refractivity contribution in [1.82, 2.24) is 4.90 Å². The average Bonchev–Trinajstić information content (AvgIpc) is 2.74. The molecule has 124 valence electrons. The second-order valence-corrected chi connectivity index (χ2v) is 6.44. The number of anilines is 1. The molecule has 2 rings (SSSR count). The van der Waals surface area contributed by atoms with E-state index in [9.17, 15) is 4.79 Å². The van der Waals surface area contributed by atoms with Crippen molar-refractivity contribution in [3.8, 4) is 0 Å². The van der Waals surface area contributed by atoms with Crippen molar-refractivity contribution in [2.45, 2.75) is 40.2 Å². The predicted octanol–water partition coefficient (Wildman–Crippen LogP) is 2.64. The number of aryl methyl sites for hydroxylation is 3. The lowest BCUT2D eigenvalue weighted by atomic mass is 10.1. The first-order valence-electron chi connectivity index (χ1n) is 7.72. The number of nitrogens with one attached hydrogen (secondary N) is 1. The Kier molecular flexibility index (Phi) is 6.85. The molecule has 1 aliphatic rings. The smallest absolute Gasteiger partial charge is 0.238 e. The van der Waals surface area contributed by atoms with Gasteiger partial charge in [0.2, 0.25) is 5.91 Å². The highest BCUT2D eigenvalue weighted by molar-refractivity contribution is 5.93. The summed E-state index contributed by atoms with van der Waals surface area (Å²) in [4.78, 5) is 14.5. The minimum Gasteiger partial charge on any atom is -0.330 e. The fraction of sp³-hybridized carbons (Fsp3) is 0.588. The summed E-state index contributed by atoms with van der Waals surface area (Å²) in [5.41, 5.74) is 10.2. The summed E-state index contributed by atoms with van der Waals surface area (Å²) >= 11 is 0. The molecular weight excluding hydrogens is 298 g/mol. The summed E-state index contributed by atoms with van der Waals surface area (Å²) < 4.78 is 0. The Morgan fingerprint density at radius 1 is 1.32 bits per heavy atom. The molecule has 1 fully saturated rings. The van der Waals surface area contributed by atoms with Crippen LogP contribution >= 0.6 is 12.4 Å². The Bertz CT molecular complexity index is 510. The fourth-order valence-corrected chi connectivity index (χ4v) is 3.35. The molecule has 1 aromatic rings. The van der Waals surface area contributed by atoms with Crippen LogP contribution in [0, 0.1) is 26.7 Å². The molecule has 0 bridgehead atoms. The first kappa shape index (κ1) is 18.9. The molecule has 2 atom stereocenters. The van der Waals surface area contributed by atoms with Gasteiger partial charge in [0.1, 0.15) is 0 Å². The van der Waals surface area contributed by atoms with Crippen LogP contribution in [-0.2, 0) is 4.79 Å². The maximum absolute atomic E-state index is 12.3. The summed E-state index contributed by atoms with van der Waals surface area (Å²) in [5, 5.41) is 3.07. The van der Waals surface area contributed by atoms with Gasteiger partial charge in [-0.25, -0.2) is 0 Å². The summed E-state index contributed by atoms with van der Waals surface area (Å²) in [7, 11) is 0. The molecule has 5 heteroatoms. The monoisotopic (exact) mass is 325 g/mol. The lowest BCUT2D eigenvalue weighted by molar-refractivity contribution is -0.117. The number of likely N-dealkylation sites (tertiary alicyclic amines) is 1. The Hall–Kier alpha value is -1.10. The number of benzene rings is 1. The van der Waals surface area contributed by atoms with Gasteiger partial charge in [0, 0.05) is 18.3 Å². The van der Waals surface area contributed by atoms with Crippen LogP contribution in [0.25, 0.3) is 0 Å². The van der Waals surface area contributed by atoms with E-state index in [1.165, 1.54) is 5.56 Å². The third-order valence-electron chi connectivity index (χ3n) is 4.41. The molecule has 0 aliphatic carbocycles. The minimum atomic E-state index is 0. The van der Waals surface area contributed by atoms with Gasteiger partial charge in [-0.15, -0.1) is 12.4 Å². The highest BCUT2D eigenvalue weighted by atomic mass is 35.5. The molecule has 0 radical (unpaired) electrons. The second kappa shape index (κ2) is 7.95. The normalized spacial score (nSPS) is 21.5. The van der Waals surface area contributed by atoms with Gasteiger partial charge < -0.3 is 11.1 Å². The minimum absolute atomic E-state index is 0. The molecule has 1 amide bonds.